The van der Waals surface area contributed by atoms with Gasteiger partial charge in [0.15, 0.2) is 5.58 Å². The number of hydrogen-bond acceptors (Lipinski definition) is 5. The van der Waals surface area contributed by atoms with Crippen LogP contribution in [0.4, 0.5) is 23.2 Å². The zero-order valence-corrected chi connectivity index (χ0v) is 14.3. The van der Waals surface area contributed by atoms with E-state index in [-0.39, 0.29) is 27.7 Å². The van der Waals surface area contributed by atoms with E-state index in [1.807, 2.05) is 0 Å². The van der Waals surface area contributed by atoms with E-state index in [1.54, 1.807) is 0 Å². The predicted octanol–water partition coefficient (Wildman–Crippen LogP) is 3.33. The smallest absolute Gasteiger partial charge is 0.433 e. The van der Waals surface area contributed by atoms with Crippen LogP contribution < -0.4 is 10.9 Å². The number of alkyl halides is 3. The first-order chi connectivity index (χ1) is 13.7. The highest BCUT2D eigenvalue weighted by atomic mass is 19.4. The van der Waals surface area contributed by atoms with E-state index >= 15 is 0 Å². The standard InChI is InChI=1S/C18H10F4N4O3/c19-9-1-3-12-11(5-9)16(28)26(8-23-12)7-15(27)24-10-2-4-14-13(6-10)25-17(29-14)18(20,21)22/h1-6,8H,7H2,(H,24,27). The summed E-state index contributed by atoms with van der Waals surface area (Å²) in [6, 6.07) is 7.32. The molecule has 2 aromatic heterocycles. The van der Waals surface area contributed by atoms with E-state index in [1.165, 1.54) is 24.3 Å². The molecule has 0 radical (unpaired) electrons. The molecule has 0 aliphatic heterocycles. The van der Waals surface area contributed by atoms with Crippen molar-refractivity contribution in [1.82, 2.24) is 14.5 Å². The van der Waals surface area contributed by atoms with Crippen LogP contribution in [0.3, 0.4) is 0 Å². The molecular formula is C18H10F4N4O3. The Morgan fingerprint density at radius 1 is 1.14 bits per heavy atom. The molecular weight excluding hydrogens is 396 g/mol. The molecule has 0 aliphatic carbocycles. The summed E-state index contributed by atoms with van der Waals surface area (Å²) in [5.41, 5.74) is -0.337. The lowest BCUT2D eigenvalue weighted by Crippen LogP contribution is -2.28. The van der Waals surface area contributed by atoms with Gasteiger partial charge in [-0.25, -0.2) is 14.4 Å². The SMILES string of the molecule is O=C(Cn1cnc2ccc(F)cc2c1=O)Nc1ccc2oc(C(F)(F)F)nc2c1. The number of rotatable bonds is 3. The van der Waals surface area contributed by atoms with Crippen molar-refractivity contribution in [3.8, 4) is 0 Å². The van der Waals surface area contributed by atoms with Gasteiger partial charge in [-0.05, 0) is 36.4 Å². The Balaban J connectivity index is 1.56. The minimum absolute atomic E-state index is 0.0176. The van der Waals surface area contributed by atoms with Gasteiger partial charge < -0.3 is 9.73 Å². The number of halogens is 4. The average molecular weight is 406 g/mol. The lowest BCUT2D eigenvalue weighted by atomic mass is 10.2. The second kappa shape index (κ2) is 6.69. The number of benzene rings is 2. The van der Waals surface area contributed by atoms with Gasteiger partial charge in [0, 0.05) is 5.69 Å². The van der Waals surface area contributed by atoms with Crippen molar-refractivity contribution in [2.24, 2.45) is 0 Å². The van der Waals surface area contributed by atoms with Crippen LogP contribution in [0.15, 0.2) is 51.9 Å². The van der Waals surface area contributed by atoms with Gasteiger partial charge in [0.05, 0.1) is 17.2 Å². The van der Waals surface area contributed by atoms with Gasteiger partial charge in [0.25, 0.3) is 5.56 Å². The lowest BCUT2D eigenvalue weighted by molar-refractivity contribution is -0.156. The number of hydrogen-bond donors (Lipinski definition) is 1. The first-order valence-electron chi connectivity index (χ1n) is 8.13. The number of oxazole rings is 1. The van der Waals surface area contributed by atoms with Gasteiger partial charge in [-0.2, -0.15) is 13.2 Å². The second-order valence-electron chi connectivity index (χ2n) is 6.09. The summed E-state index contributed by atoms with van der Waals surface area (Å²) < 4.78 is 57.0. The molecule has 4 aromatic rings. The highest BCUT2D eigenvalue weighted by molar-refractivity contribution is 5.92. The minimum Gasteiger partial charge on any atom is -0.433 e. The van der Waals surface area contributed by atoms with Crippen LogP contribution in [-0.2, 0) is 17.5 Å². The molecule has 0 saturated carbocycles. The number of nitrogens with one attached hydrogen (secondary N) is 1. The third-order valence-corrected chi connectivity index (χ3v) is 4.01. The molecule has 1 N–H and O–H groups in total. The molecule has 1 amide bonds. The highest BCUT2D eigenvalue weighted by Gasteiger charge is 2.37. The molecule has 0 saturated heterocycles. The normalized spacial score (nSPS) is 11.9. The van der Waals surface area contributed by atoms with Gasteiger partial charge >= 0.3 is 12.1 Å². The van der Waals surface area contributed by atoms with Gasteiger partial charge in [-0.1, -0.05) is 0 Å². The summed E-state index contributed by atoms with van der Waals surface area (Å²) in [6.07, 6.45) is -3.58. The summed E-state index contributed by atoms with van der Waals surface area (Å²) in [5.74, 6) is -2.64. The number of amides is 1. The monoisotopic (exact) mass is 406 g/mol. The van der Waals surface area contributed by atoms with Crippen LogP contribution in [0.2, 0.25) is 0 Å². The van der Waals surface area contributed by atoms with Crippen molar-refractivity contribution in [1.29, 1.82) is 0 Å². The summed E-state index contributed by atoms with van der Waals surface area (Å²) >= 11 is 0. The molecule has 2 heterocycles. The van der Waals surface area contributed by atoms with Crippen LogP contribution in [0.5, 0.6) is 0 Å². The quantitative estimate of drug-likeness (QED) is 0.527. The summed E-state index contributed by atoms with van der Waals surface area (Å²) in [7, 11) is 0. The second-order valence-corrected chi connectivity index (χ2v) is 6.09. The van der Waals surface area contributed by atoms with Gasteiger partial charge in [-0.3, -0.25) is 14.2 Å². The molecule has 11 heteroatoms. The van der Waals surface area contributed by atoms with E-state index in [2.05, 4.69) is 19.7 Å². The Morgan fingerprint density at radius 2 is 1.93 bits per heavy atom. The van der Waals surface area contributed by atoms with Crippen molar-refractivity contribution in [2.45, 2.75) is 12.7 Å². The molecule has 7 nitrogen and oxygen atoms in total. The van der Waals surface area contributed by atoms with E-state index < -0.39 is 35.9 Å². The fraction of sp³-hybridized carbons (Fsp3) is 0.111. The molecule has 0 atom stereocenters. The topological polar surface area (TPSA) is 90.0 Å². The van der Waals surface area contributed by atoms with Crippen LogP contribution in [0.1, 0.15) is 5.89 Å². The van der Waals surface area contributed by atoms with Gasteiger partial charge in [0.1, 0.15) is 17.9 Å². The molecule has 0 unspecified atom stereocenters. The van der Waals surface area contributed by atoms with Gasteiger partial charge in [-0.15, -0.1) is 0 Å². The predicted molar refractivity (Wildman–Crippen MR) is 93.6 cm³/mol. The van der Waals surface area contributed by atoms with Crippen molar-refractivity contribution in [3.05, 3.63) is 64.8 Å². The van der Waals surface area contributed by atoms with Crippen molar-refractivity contribution >= 4 is 33.6 Å². The van der Waals surface area contributed by atoms with Crippen LogP contribution in [0, 0.1) is 5.82 Å². The summed E-state index contributed by atoms with van der Waals surface area (Å²) in [5, 5.41) is 2.47. The van der Waals surface area contributed by atoms with E-state index in [9.17, 15) is 27.2 Å². The van der Waals surface area contributed by atoms with E-state index in [4.69, 9.17) is 0 Å². The number of carbonyl (C=O) groups excluding carboxylic acids is 1. The highest BCUT2D eigenvalue weighted by Crippen LogP contribution is 2.31. The Bertz CT molecular complexity index is 1310. The molecule has 0 spiro atoms. The zero-order valence-electron chi connectivity index (χ0n) is 14.3. The summed E-state index contributed by atoms with van der Waals surface area (Å²) in [4.78, 5) is 32.0. The molecule has 4 rings (SSSR count). The largest absolute Gasteiger partial charge is 0.468 e. The van der Waals surface area contributed by atoms with Crippen LogP contribution >= 0.6 is 0 Å². The van der Waals surface area contributed by atoms with E-state index in [0.29, 0.717) is 0 Å². The van der Waals surface area contributed by atoms with Crippen molar-refractivity contribution in [2.75, 3.05) is 5.32 Å². The zero-order chi connectivity index (χ0) is 20.8. The first kappa shape index (κ1) is 18.6. The number of carbonyl (C=O) groups is 1. The van der Waals surface area contributed by atoms with E-state index in [0.717, 1.165) is 23.0 Å². The number of aromatic nitrogens is 3. The van der Waals surface area contributed by atoms with Crippen LogP contribution in [-0.4, -0.2) is 20.4 Å². The summed E-state index contributed by atoms with van der Waals surface area (Å²) in [6.45, 7) is -0.428. The fourth-order valence-electron chi connectivity index (χ4n) is 2.73. The molecule has 2 aromatic carbocycles. The minimum atomic E-state index is -4.73. The average Bonchev–Trinajstić information content (AvgIpc) is 3.08. The Morgan fingerprint density at radius 3 is 2.69 bits per heavy atom. The maximum absolute atomic E-state index is 13.4. The Kier molecular flexibility index (Phi) is 4.29. The molecule has 29 heavy (non-hydrogen) atoms. The first-order valence-corrected chi connectivity index (χ1v) is 8.13. The molecule has 0 fully saturated rings. The third kappa shape index (κ3) is 3.66. The molecule has 0 bridgehead atoms. The molecule has 148 valence electrons. The number of nitrogens with zero attached hydrogens (tertiary/aromatic N) is 3. The lowest BCUT2D eigenvalue weighted by Gasteiger charge is -2.08. The Labute approximate surface area is 158 Å². The maximum Gasteiger partial charge on any atom is 0.468 e. The fourth-order valence-corrected chi connectivity index (χ4v) is 2.73. The van der Waals surface area contributed by atoms with Crippen molar-refractivity contribution in [3.63, 3.8) is 0 Å². The third-order valence-electron chi connectivity index (χ3n) is 4.01. The number of fused-ring (bicyclic) bond motifs is 2. The molecule has 0 aliphatic rings. The number of anilines is 1. The van der Waals surface area contributed by atoms with Crippen molar-refractivity contribution < 1.29 is 26.8 Å². The maximum atomic E-state index is 13.4. The Hall–Kier alpha value is -3.76. The van der Waals surface area contributed by atoms with Crippen LogP contribution in [0.25, 0.3) is 22.0 Å². The van der Waals surface area contributed by atoms with Gasteiger partial charge in [0.2, 0.25) is 5.91 Å².